The molecule has 0 aliphatic heterocycles. The summed E-state index contributed by atoms with van der Waals surface area (Å²) in [5, 5.41) is 18.4. The molecule has 0 saturated heterocycles. The van der Waals surface area contributed by atoms with E-state index in [2.05, 4.69) is 10.2 Å². The van der Waals surface area contributed by atoms with E-state index in [1.54, 1.807) is 24.0 Å². The van der Waals surface area contributed by atoms with Gasteiger partial charge in [0.2, 0.25) is 0 Å². The van der Waals surface area contributed by atoms with Crippen LogP contribution in [0.3, 0.4) is 0 Å². The van der Waals surface area contributed by atoms with Crippen molar-refractivity contribution in [2.45, 2.75) is 6.54 Å². The van der Waals surface area contributed by atoms with Gasteiger partial charge < -0.3 is 10.1 Å². The highest BCUT2D eigenvalue weighted by atomic mass is 35.5. The van der Waals surface area contributed by atoms with Gasteiger partial charge in [-0.2, -0.15) is 9.78 Å². The maximum Gasteiger partial charge on any atom is 0.408 e. The fraction of sp³-hybridized carbons (Fsp3) is 0.250. The van der Waals surface area contributed by atoms with Gasteiger partial charge in [0.1, 0.15) is 6.54 Å². The molecule has 2 rings (SSSR count). The molecule has 0 unspecified atom stereocenters. The standard InChI is InChI=1S/C8H8ClN5O2/c1-12-3-2-6(10-12)4-13-5-7(9)8(11-13)14(15)16/h2-3,5H,4H2,1H3. The number of aryl methyl sites for hydroxylation is 1. The molecule has 8 heteroatoms. The third-order valence-electron chi connectivity index (χ3n) is 1.96. The Labute approximate surface area is 95.4 Å². The van der Waals surface area contributed by atoms with Crippen molar-refractivity contribution in [3.63, 3.8) is 0 Å². The molecule has 0 aliphatic rings. The lowest BCUT2D eigenvalue weighted by Crippen LogP contribution is -2.02. The minimum absolute atomic E-state index is 0.0286. The summed E-state index contributed by atoms with van der Waals surface area (Å²) in [5.74, 6) is -0.336. The van der Waals surface area contributed by atoms with Crippen LogP contribution in [0.25, 0.3) is 0 Å². The molecule has 0 fully saturated rings. The summed E-state index contributed by atoms with van der Waals surface area (Å²) in [6.07, 6.45) is 3.20. The van der Waals surface area contributed by atoms with Crippen LogP contribution in [-0.4, -0.2) is 24.5 Å². The van der Waals surface area contributed by atoms with Gasteiger partial charge in [-0.05, 0) is 11.0 Å². The second kappa shape index (κ2) is 3.93. The van der Waals surface area contributed by atoms with Crippen molar-refractivity contribution < 1.29 is 4.92 Å². The van der Waals surface area contributed by atoms with Crippen molar-refractivity contribution in [1.29, 1.82) is 0 Å². The first-order valence-electron chi connectivity index (χ1n) is 4.42. The molecule has 2 aromatic rings. The predicted molar refractivity (Wildman–Crippen MR) is 56.2 cm³/mol. The van der Waals surface area contributed by atoms with Gasteiger partial charge in [0.25, 0.3) is 0 Å². The minimum atomic E-state index is -0.614. The SMILES string of the molecule is Cn1ccc(Cn2cc(Cl)c([N+](=O)[O-])n2)n1. The second-order valence-electron chi connectivity index (χ2n) is 3.24. The average Bonchev–Trinajstić information content (AvgIpc) is 2.73. The lowest BCUT2D eigenvalue weighted by molar-refractivity contribution is -0.389. The topological polar surface area (TPSA) is 78.8 Å². The zero-order chi connectivity index (χ0) is 11.7. The molecule has 0 bridgehead atoms. The molecule has 2 aromatic heterocycles. The van der Waals surface area contributed by atoms with E-state index in [-0.39, 0.29) is 10.8 Å². The number of nitrogens with zero attached hydrogens (tertiary/aromatic N) is 5. The lowest BCUT2D eigenvalue weighted by Gasteiger charge is -1.91. The van der Waals surface area contributed by atoms with Gasteiger partial charge in [0.15, 0.2) is 5.02 Å². The normalized spacial score (nSPS) is 10.6. The van der Waals surface area contributed by atoms with E-state index < -0.39 is 4.92 Å². The van der Waals surface area contributed by atoms with E-state index in [0.29, 0.717) is 6.54 Å². The summed E-state index contributed by atoms with van der Waals surface area (Å²) >= 11 is 5.66. The lowest BCUT2D eigenvalue weighted by atomic mass is 10.4. The maximum atomic E-state index is 10.5. The molecular weight excluding hydrogens is 234 g/mol. The summed E-state index contributed by atoms with van der Waals surface area (Å²) in [6, 6.07) is 1.81. The molecule has 16 heavy (non-hydrogen) atoms. The van der Waals surface area contributed by atoms with Crippen molar-refractivity contribution in [2.24, 2.45) is 7.05 Å². The molecular formula is C8H8ClN5O2. The zero-order valence-electron chi connectivity index (χ0n) is 8.37. The number of hydrogen-bond acceptors (Lipinski definition) is 4. The van der Waals surface area contributed by atoms with Crippen LogP contribution in [0.4, 0.5) is 5.82 Å². The Bertz CT molecular complexity index is 532. The van der Waals surface area contributed by atoms with Gasteiger partial charge in [0.05, 0.1) is 17.0 Å². The maximum absolute atomic E-state index is 10.5. The zero-order valence-corrected chi connectivity index (χ0v) is 9.13. The highest BCUT2D eigenvalue weighted by Crippen LogP contribution is 2.21. The van der Waals surface area contributed by atoms with E-state index in [1.807, 2.05) is 0 Å². The van der Waals surface area contributed by atoms with Crippen molar-refractivity contribution in [3.05, 3.63) is 39.3 Å². The van der Waals surface area contributed by atoms with Crippen LogP contribution in [0.15, 0.2) is 18.5 Å². The van der Waals surface area contributed by atoms with Crippen LogP contribution in [0.2, 0.25) is 5.02 Å². The number of halogens is 1. The first-order chi connectivity index (χ1) is 7.56. The Kier molecular flexibility index (Phi) is 2.61. The number of aromatic nitrogens is 4. The van der Waals surface area contributed by atoms with E-state index in [0.717, 1.165) is 5.69 Å². The summed E-state index contributed by atoms with van der Waals surface area (Å²) in [4.78, 5) is 9.90. The van der Waals surface area contributed by atoms with Crippen molar-refractivity contribution >= 4 is 17.4 Å². The van der Waals surface area contributed by atoms with Gasteiger partial charge in [0, 0.05) is 13.2 Å². The Morgan fingerprint density at radius 1 is 1.56 bits per heavy atom. The van der Waals surface area contributed by atoms with Crippen LogP contribution < -0.4 is 0 Å². The molecule has 0 aliphatic carbocycles. The molecule has 84 valence electrons. The van der Waals surface area contributed by atoms with Gasteiger partial charge in [-0.25, -0.2) is 0 Å². The predicted octanol–water partition coefficient (Wildman–Crippen LogP) is 1.23. The van der Waals surface area contributed by atoms with Crippen LogP contribution in [0, 0.1) is 10.1 Å². The van der Waals surface area contributed by atoms with Crippen LogP contribution in [0.5, 0.6) is 0 Å². The Hall–Kier alpha value is -1.89. The molecule has 0 amide bonds. The highest BCUT2D eigenvalue weighted by molar-refractivity contribution is 6.32. The number of rotatable bonds is 3. The minimum Gasteiger partial charge on any atom is -0.358 e. The Morgan fingerprint density at radius 3 is 2.81 bits per heavy atom. The third-order valence-corrected chi connectivity index (χ3v) is 2.23. The first kappa shape index (κ1) is 10.6. The van der Waals surface area contributed by atoms with E-state index in [9.17, 15) is 10.1 Å². The molecule has 7 nitrogen and oxygen atoms in total. The summed E-state index contributed by atoms with van der Waals surface area (Å²) in [6.45, 7) is 0.356. The van der Waals surface area contributed by atoms with Crippen LogP contribution >= 0.6 is 11.6 Å². The molecule has 0 atom stereocenters. The Morgan fingerprint density at radius 2 is 2.31 bits per heavy atom. The van der Waals surface area contributed by atoms with Crippen LogP contribution in [0.1, 0.15) is 5.69 Å². The molecule has 0 saturated carbocycles. The van der Waals surface area contributed by atoms with Gasteiger partial charge in [-0.3, -0.25) is 4.68 Å². The highest BCUT2D eigenvalue weighted by Gasteiger charge is 2.19. The molecule has 2 heterocycles. The first-order valence-corrected chi connectivity index (χ1v) is 4.80. The fourth-order valence-electron chi connectivity index (χ4n) is 1.31. The molecule has 0 radical (unpaired) electrons. The smallest absolute Gasteiger partial charge is 0.358 e. The molecule has 0 aromatic carbocycles. The van der Waals surface area contributed by atoms with Gasteiger partial charge >= 0.3 is 5.82 Å². The third kappa shape index (κ3) is 2.03. The largest absolute Gasteiger partial charge is 0.408 e. The van der Waals surface area contributed by atoms with Gasteiger partial charge in [-0.1, -0.05) is 11.6 Å². The van der Waals surface area contributed by atoms with Gasteiger partial charge in [-0.15, -0.1) is 0 Å². The van der Waals surface area contributed by atoms with Crippen LogP contribution in [-0.2, 0) is 13.6 Å². The molecule has 0 N–H and O–H groups in total. The number of hydrogen-bond donors (Lipinski definition) is 0. The average molecular weight is 242 g/mol. The van der Waals surface area contributed by atoms with Crippen molar-refractivity contribution in [2.75, 3.05) is 0 Å². The Balaban J connectivity index is 2.22. The monoisotopic (exact) mass is 241 g/mol. The summed E-state index contributed by atoms with van der Waals surface area (Å²) in [7, 11) is 1.79. The second-order valence-corrected chi connectivity index (χ2v) is 3.64. The van der Waals surface area contributed by atoms with E-state index in [4.69, 9.17) is 11.6 Å². The van der Waals surface area contributed by atoms with E-state index >= 15 is 0 Å². The fourth-order valence-corrected chi connectivity index (χ4v) is 1.52. The summed E-state index contributed by atoms with van der Waals surface area (Å²) in [5.41, 5.74) is 0.761. The van der Waals surface area contributed by atoms with Crippen molar-refractivity contribution in [3.8, 4) is 0 Å². The number of nitro groups is 1. The van der Waals surface area contributed by atoms with Crippen molar-refractivity contribution in [1.82, 2.24) is 19.6 Å². The van der Waals surface area contributed by atoms with E-state index in [1.165, 1.54) is 10.9 Å². The molecule has 0 spiro atoms. The summed E-state index contributed by atoms with van der Waals surface area (Å²) < 4.78 is 3.04. The quantitative estimate of drug-likeness (QED) is 0.598.